The molecule has 2 aromatic rings. The topological polar surface area (TPSA) is 68.5 Å². The number of carbonyl (C=O) groups is 1. The molecule has 0 spiro atoms. The monoisotopic (exact) mass is 409 g/mol. The molecule has 0 bridgehead atoms. The average Bonchev–Trinajstić information content (AvgIpc) is 3.09. The van der Waals surface area contributed by atoms with Crippen LogP contribution in [0, 0.1) is 6.92 Å². The lowest BCUT2D eigenvalue weighted by Gasteiger charge is -2.39. The molecule has 3 rings (SSSR count). The molecular formula is C19H24ClN3O3S. The van der Waals surface area contributed by atoms with Gasteiger partial charge in [-0.2, -0.15) is 0 Å². The molecular weight excluding hydrogens is 386 g/mol. The highest BCUT2D eigenvalue weighted by Crippen LogP contribution is 2.25. The van der Waals surface area contributed by atoms with E-state index in [-0.39, 0.29) is 24.6 Å². The summed E-state index contributed by atoms with van der Waals surface area (Å²) in [7, 11) is 0. The summed E-state index contributed by atoms with van der Waals surface area (Å²) in [5.41, 5.74) is 0.940. The van der Waals surface area contributed by atoms with Crippen LogP contribution in [0.4, 0.5) is 0 Å². The van der Waals surface area contributed by atoms with Gasteiger partial charge in [-0.15, -0.1) is 10.2 Å². The zero-order valence-corrected chi connectivity index (χ0v) is 17.3. The first-order valence-electron chi connectivity index (χ1n) is 9.09. The Balaban J connectivity index is 1.50. The van der Waals surface area contributed by atoms with Crippen LogP contribution in [-0.2, 0) is 11.4 Å². The van der Waals surface area contributed by atoms with Crippen LogP contribution < -0.4 is 4.74 Å². The number of halogens is 1. The largest absolute Gasteiger partial charge is 0.484 e. The van der Waals surface area contributed by atoms with E-state index < -0.39 is 0 Å². The van der Waals surface area contributed by atoms with Gasteiger partial charge in [-0.3, -0.25) is 4.79 Å². The van der Waals surface area contributed by atoms with E-state index in [4.69, 9.17) is 20.8 Å². The fraction of sp³-hybridized carbons (Fsp3) is 0.526. The summed E-state index contributed by atoms with van der Waals surface area (Å²) in [5.74, 6) is 1.48. The summed E-state index contributed by atoms with van der Waals surface area (Å²) >= 11 is 7.27. The third-order valence-corrected chi connectivity index (χ3v) is 5.97. The summed E-state index contributed by atoms with van der Waals surface area (Å²) in [5, 5.41) is 9.04. The second-order valence-electron chi connectivity index (χ2n) is 6.88. The number of ether oxygens (including phenoxy) is 1. The van der Waals surface area contributed by atoms with Crippen molar-refractivity contribution in [1.82, 2.24) is 15.1 Å². The Bertz CT molecular complexity index is 788. The summed E-state index contributed by atoms with van der Waals surface area (Å²) in [6, 6.07) is 6.01. The quantitative estimate of drug-likeness (QED) is 0.654. The van der Waals surface area contributed by atoms with E-state index >= 15 is 0 Å². The second kappa shape index (κ2) is 8.97. The number of likely N-dealkylation sites (tertiary alicyclic amines) is 1. The Hall–Kier alpha value is -1.73. The van der Waals surface area contributed by atoms with Gasteiger partial charge in [-0.05, 0) is 63.8 Å². The molecule has 1 fully saturated rings. The van der Waals surface area contributed by atoms with E-state index in [1.807, 2.05) is 17.9 Å². The maximum atomic E-state index is 12.5. The van der Waals surface area contributed by atoms with Gasteiger partial charge in [-0.1, -0.05) is 23.4 Å². The van der Waals surface area contributed by atoms with Crippen LogP contribution in [0.5, 0.6) is 5.75 Å². The standard InChI is InChI=1S/C19H24ClN3O3S/c1-12-9-15(7-8-16(12)20)25-10-17-21-22-19(26-17)27-11-18(24)23-13(2)5-4-6-14(23)3/h7-9,13-14H,4-6,10-11H2,1-3H3/t13-,14-/m0/s1. The number of benzene rings is 1. The Morgan fingerprint density at radius 1 is 1.33 bits per heavy atom. The van der Waals surface area contributed by atoms with Crippen LogP contribution in [-0.4, -0.2) is 38.8 Å². The Labute approximate surface area is 168 Å². The molecule has 27 heavy (non-hydrogen) atoms. The van der Waals surface area contributed by atoms with Gasteiger partial charge in [0.25, 0.3) is 11.1 Å². The minimum Gasteiger partial charge on any atom is -0.484 e. The molecule has 0 aliphatic carbocycles. The van der Waals surface area contributed by atoms with Crippen LogP contribution >= 0.6 is 23.4 Å². The van der Waals surface area contributed by atoms with Crippen molar-refractivity contribution in [3.63, 3.8) is 0 Å². The predicted molar refractivity (Wildman–Crippen MR) is 105 cm³/mol. The number of piperidine rings is 1. The van der Waals surface area contributed by atoms with Gasteiger partial charge in [-0.25, -0.2) is 0 Å². The van der Waals surface area contributed by atoms with E-state index in [0.29, 0.717) is 27.6 Å². The third-order valence-electron chi connectivity index (χ3n) is 4.74. The zero-order valence-electron chi connectivity index (χ0n) is 15.8. The number of nitrogens with zero attached hydrogens (tertiary/aromatic N) is 3. The first kappa shape index (κ1) is 20.0. The number of thioether (sulfide) groups is 1. The van der Waals surface area contributed by atoms with Crippen molar-refractivity contribution < 1.29 is 13.9 Å². The fourth-order valence-electron chi connectivity index (χ4n) is 3.32. The molecule has 0 unspecified atom stereocenters. The Morgan fingerprint density at radius 3 is 2.78 bits per heavy atom. The highest BCUT2D eigenvalue weighted by atomic mass is 35.5. The molecule has 0 saturated carbocycles. The lowest BCUT2D eigenvalue weighted by molar-refractivity contribution is -0.134. The SMILES string of the molecule is Cc1cc(OCc2nnc(SCC(=O)N3[C@@H](C)CCC[C@@H]3C)o2)ccc1Cl. The Kier molecular flexibility index (Phi) is 6.65. The molecule has 1 aromatic heterocycles. The van der Waals surface area contributed by atoms with Gasteiger partial charge in [0.15, 0.2) is 6.61 Å². The fourth-order valence-corrected chi connectivity index (χ4v) is 4.09. The van der Waals surface area contributed by atoms with Crippen molar-refractivity contribution >= 4 is 29.3 Å². The van der Waals surface area contributed by atoms with E-state index in [0.717, 1.165) is 18.4 Å². The number of rotatable bonds is 6. The summed E-state index contributed by atoms with van der Waals surface area (Å²) in [6.07, 6.45) is 3.30. The number of aryl methyl sites for hydroxylation is 1. The van der Waals surface area contributed by atoms with E-state index in [2.05, 4.69) is 24.0 Å². The van der Waals surface area contributed by atoms with Crippen molar-refractivity contribution in [3.05, 3.63) is 34.7 Å². The molecule has 1 aliphatic heterocycles. The van der Waals surface area contributed by atoms with Crippen molar-refractivity contribution in [1.29, 1.82) is 0 Å². The number of hydrogen-bond donors (Lipinski definition) is 0. The Morgan fingerprint density at radius 2 is 2.07 bits per heavy atom. The minimum atomic E-state index is 0.118. The highest BCUT2D eigenvalue weighted by Gasteiger charge is 2.29. The van der Waals surface area contributed by atoms with E-state index in [1.165, 1.54) is 18.2 Å². The van der Waals surface area contributed by atoms with Gasteiger partial charge in [0, 0.05) is 17.1 Å². The number of carbonyl (C=O) groups excluding carboxylic acids is 1. The smallest absolute Gasteiger partial charge is 0.277 e. The van der Waals surface area contributed by atoms with E-state index in [1.54, 1.807) is 12.1 Å². The minimum absolute atomic E-state index is 0.118. The van der Waals surface area contributed by atoms with Gasteiger partial charge >= 0.3 is 0 Å². The van der Waals surface area contributed by atoms with Crippen LogP contribution in [0.3, 0.4) is 0 Å². The lowest BCUT2D eigenvalue weighted by Crippen LogP contribution is -2.48. The lowest BCUT2D eigenvalue weighted by atomic mass is 9.98. The van der Waals surface area contributed by atoms with Crippen LogP contribution in [0.15, 0.2) is 27.8 Å². The van der Waals surface area contributed by atoms with Crippen LogP contribution in [0.1, 0.15) is 44.6 Å². The predicted octanol–water partition coefficient (Wildman–Crippen LogP) is 4.49. The normalized spacial score (nSPS) is 19.9. The molecule has 6 nitrogen and oxygen atoms in total. The maximum Gasteiger partial charge on any atom is 0.277 e. The van der Waals surface area contributed by atoms with Gasteiger partial charge in [0.05, 0.1) is 5.75 Å². The van der Waals surface area contributed by atoms with Crippen molar-refractivity contribution in [2.24, 2.45) is 0 Å². The van der Waals surface area contributed by atoms with Crippen LogP contribution in [0.2, 0.25) is 5.02 Å². The number of amides is 1. The second-order valence-corrected chi connectivity index (χ2v) is 8.21. The van der Waals surface area contributed by atoms with Gasteiger partial charge < -0.3 is 14.1 Å². The summed E-state index contributed by atoms with van der Waals surface area (Å²) in [6.45, 7) is 6.30. The van der Waals surface area contributed by atoms with Crippen molar-refractivity contribution in [2.75, 3.05) is 5.75 Å². The molecule has 1 saturated heterocycles. The van der Waals surface area contributed by atoms with Gasteiger partial charge in [0.2, 0.25) is 5.91 Å². The molecule has 0 N–H and O–H groups in total. The molecule has 1 aliphatic rings. The van der Waals surface area contributed by atoms with Crippen molar-refractivity contribution in [2.45, 2.75) is 63.9 Å². The van der Waals surface area contributed by atoms with E-state index in [9.17, 15) is 4.79 Å². The summed E-state index contributed by atoms with van der Waals surface area (Å²) in [4.78, 5) is 14.5. The summed E-state index contributed by atoms with van der Waals surface area (Å²) < 4.78 is 11.2. The molecule has 0 radical (unpaired) electrons. The highest BCUT2D eigenvalue weighted by molar-refractivity contribution is 7.99. The molecule has 1 amide bonds. The molecule has 2 heterocycles. The first-order chi connectivity index (χ1) is 12.9. The molecule has 146 valence electrons. The molecule has 2 atom stereocenters. The average molecular weight is 410 g/mol. The van der Waals surface area contributed by atoms with Crippen molar-refractivity contribution in [3.8, 4) is 5.75 Å². The molecule has 1 aromatic carbocycles. The maximum absolute atomic E-state index is 12.5. The third kappa shape index (κ3) is 5.17. The number of hydrogen-bond acceptors (Lipinski definition) is 6. The molecule has 8 heteroatoms. The number of aromatic nitrogens is 2. The van der Waals surface area contributed by atoms with Gasteiger partial charge in [0.1, 0.15) is 5.75 Å². The van der Waals surface area contributed by atoms with Crippen LogP contribution in [0.25, 0.3) is 0 Å². The zero-order chi connectivity index (χ0) is 19.4. The first-order valence-corrected chi connectivity index (χ1v) is 10.5.